The maximum atomic E-state index is 11.7. The van der Waals surface area contributed by atoms with E-state index in [-0.39, 0.29) is 0 Å². The summed E-state index contributed by atoms with van der Waals surface area (Å²) in [5.74, 6) is 1.68. The third kappa shape index (κ3) is 2.73. The lowest BCUT2D eigenvalue weighted by Gasteiger charge is -2.30. The first kappa shape index (κ1) is 12.5. The van der Waals surface area contributed by atoms with Crippen molar-refractivity contribution in [1.29, 1.82) is 0 Å². The minimum Gasteiger partial charge on any atom is -0.342 e. The van der Waals surface area contributed by atoms with E-state index in [2.05, 4.69) is 32.6 Å². The van der Waals surface area contributed by atoms with Gasteiger partial charge in [0.15, 0.2) is 0 Å². The molecule has 0 spiro atoms. The van der Waals surface area contributed by atoms with Crippen molar-refractivity contribution in [2.45, 2.75) is 47.5 Å². The van der Waals surface area contributed by atoms with Crippen molar-refractivity contribution in [3.63, 3.8) is 0 Å². The van der Waals surface area contributed by atoms with E-state index in [1.54, 1.807) is 0 Å². The van der Waals surface area contributed by atoms with Crippen LogP contribution in [0.4, 0.5) is 0 Å². The molecule has 15 heavy (non-hydrogen) atoms. The van der Waals surface area contributed by atoms with E-state index in [9.17, 15) is 4.79 Å². The molecule has 2 heteroatoms. The van der Waals surface area contributed by atoms with Crippen molar-refractivity contribution in [3.8, 4) is 0 Å². The molecule has 2 unspecified atom stereocenters. The standard InChI is InChI=1S/C13H25NO/c1-6-10-8-14(12(15)7-2)9-11(10)13(3,4)5/h10-11H,6-9H2,1-5H3. The topological polar surface area (TPSA) is 20.3 Å². The lowest BCUT2D eigenvalue weighted by atomic mass is 9.74. The normalized spacial score (nSPS) is 27.1. The monoisotopic (exact) mass is 211 g/mol. The molecule has 0 N–H and O–H groups in total. The molecular formula is C13H25NO. The third-order valence-electron chi connectivity index (χ3n) is 3.73. The molecule has 2 nitrogen and oxygen atoms in total. The summed E-state index contributed by atoms with van der Waals surface area (Å²) in [6.45, 7) is 13.0. The molecule has 1 aliphatic rings. The van der Waals surface area contributed by atoms with Crippen LogP contribution in [-0.2, 0) is 4.79 Å². The largest absolute Gasteiger partial charge is 0.342 e. The molecule has 1 rings (SSSR count). The summed E-state index contributed by atoms with van der Waals surface area (Å²) in [7, 11) is 0. The Morgan fingerprint density at radius 1 is 1.27 bits per heavy atom. The average molecular weight is 211 g/mol. The molecule has 0 radical (unpaired) electrons. The Labute approximate surface area is 94.0 Å². The van der Waals surface area contributed by atoms with Crippen molar-refractivity contribution < 1.29 is 4.79 Å². The molecule has 88 valence electrons. The van der Waals surface area contributed by atoms with E-state index in [0.29, 0.717) is 29.6 Å². The molecule has 0 aliphatic carbocycles. The van der Waals surface area contributed by atoms with Crippen LogP contribution in [0, 0.1) is 17.3 Å². The molecule has 1 saturated heterocycles. The molecule has 0 bridgehead atoms. The summed E-state index contributed by atoms with van der Waals surface area (Å²) >= 11 is 0. The summed E-state index contributed by atoms with van der Waals surface area (Å²) in [6.07, 6.45) is 1.84. The second-order valence-electron chi connectivity index (χ2n) is 5.79. The highest BCUT2D eigenvalue weighted by Crippen LogP contribution is 2.39. The highest BCUT2D eigenvalue weighted by atomic mass is 16.2. The number of likely N-dealkylation sites (tertiary alicyclic amines) is 1. The van der Waals surface area contributed by atoms with Gasteiger partial charge in [0.25, 0.3) is 0 Å². The molecular weight excluding hydrogens is 186 g/mol. The Morgan fingerprint density at radius 3 is 2.20 bits per heavy atom. The highest BCUT2D eigenvalue weighted by molar-refractivity contribution is 5.76. The Morgan fingerprint density at radius 2 is 1.87 bits per heavy atom. The molecule has 0 saturated carbocycles. The molecule has 1 aliphatic heterocycles. The van der Waals surface area contributed by atoms with Gasteiger partial charge in [-0.25, -0.2) is 0 Å². The van der Waals surface area contributed by atoms with Gasteiger partial charge in [-0.3, -0.25) is 4.79 Å². The Balaban J connectivity index is 2.71. The number of rotatable bonds is 2. The van der Waals surface area contributed by atoms with E-state index < -0.39 is 0 Å². The first-order valence-electron chi connectivity index (χ1n) is 6.17. The van der Waals surface area contributed by atoms with Crippen LogP contribution in [-0.4, -0.2) is 23.9 Å². The number of carbonyl (C=O) groups excluding carboxylic acids is 1. The average Bonchev–Trinajstić information content (AvgIpc) is 2.59. The van der Waals surface area contributed by atoms with Crippen LogP contribution in [0.5, 0.6) is 0 Å². The van der Waals surface area contributed by atoms with E-state index in [0.717, 1.165) is 13.1 Å². The van der Waals surface area contributed by atoms with Gasteiger partial charge in [0.05, 0.1) is 0 Å². The zero-order valence-corrected chi connectivity index (χ0v) is 10.8. The van der Waals surface area contributed by atoms with Crippen LogP contribution in [0.25, 0.3) is 0 Å². The quantitative estimate of drug-likeness (QED) is 0.687. The minimum atomic E-state index is 0.320. The smallest absolute Gasteiger partial charge is 0.222 e. The predicted molar refractivity (Wildman–Crippen MR) is 63.6 cm³/mol. The highest BCUT2D eigenvalue weighted by Gasteiger charge is 2.39. The molecule has 2 atom stereocenters. The second kappa shape index (κ2) is 4.54. The Bertz CT molecular complexity index is 229. The first-order chi connectivity index (χ1) is 6.90. The van der Waals surface area contributed by atoms with Gasteiger partial charge in [-0.1, -0.05) is 41.0 Å². The van der Waals surface area contributed by atoms with Crippen molar-refractivity contribution in [3.05, 3.63) is 0 Å². The minimum absolute atomic E-state index is 0.320. The van der Waals surface area contributed by atoms with Gasteiger partial charge in [0.2, 0.25) is 5.91 Å². The summed E-state index contributed by atoms with van der Waals surface area (Å²) in [6, 6.07) is 0. The second-order valence-corrected chi connectivity index (χ2v) is 5.79. The Kier molecular flexibility index (Phi) is 3.80. The van der Waals surface area contributed by atoms with E-state index in [1.165, 1.54) is 6.42 Å². The van der Waals surface area contributed by atoms with Crippen LogP contribution < -0.4 is 0 Å². The number of amides is 1. The van der Waals surface area contributed by atoms with Gasteiger partial charge in [-0.2, -0.15) is 0 Å². The maximum absolute atomic E-state index is 11.7. The van der Waals surface area contributed by atoms with Crippen molar-refractivity contribution in [2.24, 2.45) is 17.3 Å². The van der Waals surface area contributed by atoms with Crippen LogP contribution >= 0.6 is 0 Å². The third-order valence-corrected chi connectivity index (χ3v) is 3.73. The fourth-order valence-corrected chi connectivity index (χ4v) is 2.69. The molecule has 0 aromatic heterocycles. The van der Waals surface area contributed by atoms with Gasteiger partial charge >= 0.3 is 0 Å². The van der Waals surface area contributed by atoms with E-state index in [1.807, 2.05) is 6.92 Å². The fourth-order valence-electron chi connectivity index (χ4n) is 2.69. The molecule has 0 aromatic carbocycles. The van der Waals surface area contributed by atoms with Gasteiger partial charge in [0, 0.05) is 19.5 Å². The van der Waals surface area contributed by atoms with Gasteiger partial charge in [-0.05, 0) is 17.3 Å². The number of hydrogen-bond donors (Lipinski definition) is 0. The zero-order valence-electron chi connectivity index (χ0n) is 10.8. The SMILES string of the molecule is CCC(=O)N1CC(CC)C(C(C)(C)C)C1. The van der Waals surface area contributed by atoms with Crippen molar-refractivity contribution >= 4 is 5.91 Å². The van der Waals surface area contributed by atoms with Crippen LogP contribution in [0.2, 0.25) is 0 Å². The first-order valence-corrected chi connectivity index (χ1v) is 6.17. The number of carbonyl (C=O) groups is 1. The van der Waals surface area contributed by atoms with Crippen LogP contribution in [0.3, 0.4) is 0 Å². The fraction of sp³-hybridized carbons (Fsp3) is 0.923. The molecule has 1 amide bonds. The van der Waals surface area contributed by atoms with Gasteiger partial charge in [0.1, 0.15) is 0 Å². The lowest BCUT2D eigenvalue weighted by molar-refractivity contribution is -0.130. The summed E-state index contributed by atoms with van der Waals surface area (Å²) in [4.78, 5) is 13.7. The summed E-state index contributed by atoms with van der Waals surface area (Å²) in [5.41, 5.74) is 0.323. The number of nitrogens with zero attached hydrogens (tertiary/aromatic N) is 1. The van der Waals surface area contributed by atoms with Gasteiger partial charge in [-0.15, -0.1) is 0 Å². The predicted octanol–water partition coefficient (Wildman–Crippen LogP) is 2.93. The molecule has 0 aromatic rings. The van der Waals surface area contributed by atoms with Crippen molar-refractivity contribution in [1.82, 2.24) is 4.90 Å². The molecule has 1 heterocycles. The van der Waals surface area contributed by atoms with Crippen LogP contribution in [0.1, 0.15) is 47.5 Å². The summed E-state index contributed by atoms with van der Waals surface area (Å²) < 4.78 is 0. The zero-order chi connectivity index (χ0) is 11.6. The summed E-state index contributed by atoms with van der Waals surface area (Å²) in [5, 5.41) is 0. The lowest BCUT2D eigenvalue weighted by Crippen LogP contribution is -2.30. The number of hydrogen-bond acceptors (Lipinski definition) is 1. The Hall–Kier alpha value is -0.530. The maximum Gasteiger partial charge on any atom is 0.222 e. The van der Waals surface area contributed by atoms with E-state index >= 15 is 0 Å². The van der Waals surface area contributed by atoms with Gasteiger partial charge < -0.3 is 4.90 Å². The van der Waals surface area contributed by atoms with Crippen LogP contribution in [0.15, 0.2) is 0 Å². The van der Waals surface area contributed by atoms with E-state index in [4.69, 9.17) is 0 Å². The van der Waals surface area contributed by atoms with Crippen molar-refractivity contribution in [2.75, 3.05) is 13.1 Å². The molecule has 1 fully saturated rings.